The van der Waals surface area contributed by atoms with Crippen LogP contribution in [-0.2, 0) is 0 Å². The number of terminal acetylenes is 1. The minimum absolute atomic E-state index is 0.170. The summed E-state index contributed by atoms with van der Waals surface area (Å²) >= 11 is 6.15. The second-order valence-electron chi connectivity index (χ2n) is 7.40. The third-order valence-corrected chi connectivity index (χ3v) is 5.84. The average molecular weight is 376 g/mol. The van der Waals surface area contributed by atoms with Crippen LogP contribution in [0.5, 0.6) is 5.75 Å². The fourth-order valence-corrected chi connectivity index (χ4v) is 4.22. The molecule has 0 aliphatic carbocycles. The van der Waals surface area contributed by atoms with Crippen molar-refractivity contribution in [2.45, 2.75) is 63.3 Å². The number of piperidine rings is 1. The Labute approximate surface area is 160 Å². The Morgan fingerprint density at radius 1 is 1.46 bits per heavy atom. The van der Waals surface area contributed by atoms with Gasteiger partial charge < -0.3 is 20.7 Å². The van der Waals surface area contributed by atoms with Crippen molar-refractivity contribution in [3.63, 3.8) is 0 Å². The lowest BCUT2D eigenvalue weighted by atomic mass is 9.97. The van der Waals surface area contributed by atoms with Crippen molar-refractivity contribution in [1.82, 2.24) is 10.2 Å². The Kier molecular flexibility index (Phi) is 5.64. The molecule has 2 saturated heterocycles. The highest BCUT2D eigenvalue weighted by atomic mass is 35.5. The number of amides is 1. The van der Waals surface area contributed by atoms with E-state index in [0.717, 1.165) is 12.8 Å². The van der Waals surface area contributed by atoms with Gasteiger partial charge in [-0.2, -0.15) is 0 Å². The number of carbonyl (C=O) groups excluding carboxylic acids is 1. The van der Waals surface area contributed by atoms with Crippen molar-refractivity contribution < 1.29 is 9.53 Å². The topological polar surface area (TPSA) is 67.6 Å². The fourth-order valence-electron chi connectivity index (χ4n) is 4.06. The number of hydrogen-bond acceptors (Lipinski definition) is 4. The molecule has 1 aromatic carbocycles. The lowest BCUT2D eigenvalue weighted by Crippen LogP contribution is -2.48. The van der Waals surface area contributed by atoms with Gasteiger partial charge in [-0.1, -0.05) is 11.6 Å². The molecule has 2 bridgehead atoms. The van der Waals surface area contributed by atoms with Gasteiger partial charge in [-0.25, -0.2) is 0 Å². The first-order valence-electron chi connectivity index (χ1n) is 9.11. The Morgan fingerprint density at radius 3 is 2.73 bits per heavy atom. The summed E-state index contributed by atoms with van der Waals surface area (Å²) in [5.41, 5.74) is 6.67. The van der Waals surface area contributed by atoms with E-state index in [4.69, 9.17) is 28.5 Å². The van der Waals surface area contributed by atoms with Crippen LogP contribution >= 0.6 is 11.6 Å². The molecule has 3 rings (SSSR count). The number of carbonyl (C=O) groups is 1. The van der Waals surface area contributed by atoms with Gasteiger partial charge in [0.15, 0.2) is 0 Å². The molecule has 2 aliphatic rings. The molecule has 2 aliphatic heterocycles. The van der Waals surface area contributed by atoms with Crippen LogP contribution in [0.15, 0.2) is 12.1 Å². The number of anilines is 1. The zero-order valence-electron chi connectivity index (χ0n) is 15.3. The van der Waals surface area contributed by atoms with Crippen molar-refractivity contribution in [3.8, 4) is 18.1 Å². The molecular weight excluding hydrogens is 350 g/mol. The van der Waals surface area contributed by atoms with E-state index in [9.17, 15) is 4.79 Å². The Hall–Kier alpha value is -1.90. The number of halogens is 1. The van der Waals surface area contributed by atoms with Crippen LogP contribution in [0.3, 0.4) is 0 Å². The predicted molar refractivity (Wildman–Crippen MR) is 104 cm³/mol. The Balaban J connectivity index is 1.76. The molecule has 0 aromatic heterocycles. The average Bonchev–Trinajstić information content (AvgIpc) is 2.80. The Bertz CT molecular complexity index is 717. The second-order valence-corrected chi connectivity index (χ2v) is 7.81. The van der Waals surface area contributed by atoms with Crippen LogP contribution in [0, 0.1) is 12.3 Å². The number of nitrogen functional groups attached to an aromatic ring is 1. The van der Waals surface area contributed by atoms with Crippen LogP contribution in [0.25, 0.3) is 0 Å². The lowest BCUT2D eigenvalue weighted by molar-refractivity contribution is 0.0876. The van der Waals surface area contributed by atoms with Crippen molar-refractivity contribution in [2.75, 3.05) is 12.8 Å². The zero-order valence-corrected chi connectivity index (χ0v) is 16.1. The van der Waals surface area contributed by atoms with Crippen LogP contribution in [-0.4, -0.2) is 42.1 Å². The van der Waals surface area contributed by atoms with Crippen LogP contribution in [0.4, 0.5) is 5.69 Å². The SMILES string of the molecule is C#CCC(C)Oc1cc(N)c(Cl)cc1C(=O)NC1CC2CCC(C1)N2C. The maximum atomic E-state index is 12.9. The van der Waals surface area contributed by atoms with Gasteiger partial charge in [-0.15, -0.1) is 12.3 Å². The monoisotopic (exact) mass is 375 g/mol. The van der Waals surface area contributed by atoms with E-state index in [2.05, 4.69) is 23.2 Å². The number of rotatable bonds is 5. The molecule has 26 heavy (non-hydrogen) atoms. The molecule has 3 N–H and O–H groups in total. The summed E-state index contributed by atoms with van der Waals surface area (Å²) in [6.45, 7) is 1.86. The van der Waals surface area contributed by atoms with Crippen molar-refractivity contribution in [3.05, 3.63) is 22.7 Å². The zero-order chi connectivity index (χ0) is 18.8. The highest BCUT2D eigenvalue weighted by molar-refractivity contribution is 6.33. The van der Waals surface area contributed by atoms with E-state index < -0.39 is 0 Å². The number of nitrogens with one attached hydrogen (secondary N) is 1. The van der Waals surface area contributed by atoms with Crippen LogP contribution < -0.4 is 15.8 Å². The first-order chi connectivity index (χ1) is 12.4. The molecule has 2 heterocycles. The van der Waals surface area contributed by atoms with Gasteiger partial charge >= 0.3 is 0 Å². The number of benzene rings is 1. The molecule has 5 nitrogen and oxygen atoms in total. The third-order valence-electron chi connectivity index (χ3n) is 5.51. The second kappa shape index (κ2) is 7.77. The molecule has 0 spiro atoms. The molecule has 2 fully saturated rings. The summed E-state index contributed by atoms with van der Waals surface area (Å²) in [5.74, 6) is 2.80. The summed E-state index contributed by atoms with van der Waals surface area (Å²) < 4.78 is 5.85. The summed E-state index contributed by atoms with van der Waals surface area (Å²) in [6.07, 6.45) is 9.94. The molecule has 6 heteroatoms. The van der Waals surface area contributed by atoms with Gasteiger partial charge in [0, 0.05) is 30.6 Å². The quantitative estimate of drug-likeness (QED) is 0.613. The van der Waals surface area contributed by atoms with Crippen LogP contribution in [0.1, 0.15) is 49.4 Å². The first-order valence-corrected chi connectivity index (χ1v) is 9.48. The van der Waals surface area contributed by atoms with E-state index in [1.54, 1.807) is 12.1 Å². The van der Waals surface area contributed by atoms with Gasteiger partial charge in [0.2, 0.25) is 0 Å². The van der Waals surface area contributed by atoms with Gasteiger partial charge in [-0.3, -0.25) is 4.79 Å². The molecule has 140 valence electrons. The number of nitrogens with zero attached hydrogens (tertiary/aromatic N) is 1. The summed E-state index contributed by atoms with van der Waals surface area (Å²) in [4.78, 5) is 15.4. The lowest BCUT2D eigenvalue weighted by Gasteiger charge is -2.36. The van der Waals surface area contributed by atoms with E-state index in [0.29, 0.717) is 40.5 Å². The van der Waals surface area contributed by atoms with E-state index in [1.165, 1.54) is 12.8 Å². The minimum Gasteiger partial charge on any atom is -0.489 e. The highest BCUT2D eigenvalue weighted by Gasteiger charge is 2.39. The van der Waals surface area contributed by atoms with Gasteiger partial charge in [0.1, 0.15) is 11.9 Å². The molecular formula is C20H26ClN3O2. The predicted octanol–water partition coefficient (Wildman–Crippen LogP) is 3.07. The summed E-state index contributed by atoms with van der Waals surface area (Å²) in [5, 5.41) is 3.51. The van der Waals surface area contributed by atoms with Crippen LogP contribution in [0.2, 0.25) is 5.02 Å². The molecule has 0 saturated carbocycles. The molecule has 1 amide bonds. The largest absolute Gasteiger partial charge is 0.489 e. The van der Waals surface area contributed by atoms with Gasteiger partial charge in [-0.05, 0) is 45.7 Å². The molecule has 3 unspecified atom stereocenters. The minimum atomic E-state index is -0.216. The summed E-state index contributed by atoms with van der Waals surface area (Å²) in [6, 6.07) is 4.46. The van der Waals surface area contributed by atoms with E-state index in [-0.39, 0.29) is 18.1 Å². The molecule has 3 atom stereocenters. The highest BCUT2D eigenvalue weighted by Crippen LogP contribution is 2.35. The Morgan fingerprint density at radius 2 is 2.12 bits per heavy atom. The van der Waals surface area contributed by atoms with E-state index >= 15 is 0 Å². The fraction of sp³-hybridized carbons (Fsp3) is 0.550. The summed E-state index contributed by atoms with van der Waals surface area (Å²) in [7, 11) is 2.18. The van der Waals surface area contributed by atoms with Crippen molar-refractivity contribution >= 4 is 23.2 Å². The molecule has 0 radical (unpaired) electrons. The normalized spacial score (nSPS) is 26.2. The maximum Gasteiger partial charge on any atom is 0.255 e. The van der Waals surface area contributed by atoms with Gasteiger partial charge in [0.25, 0.3) is 5.91 Å². The smallest absolute Gasteiger partial charge is 0.255 e. The maximum absolute atomic E-state index is 12.9. The standard InChI is InChI=1S/C20H26ClN3O2/c1-4-5-12(2)26-19-11-18(22)17(21)10-16(19)20(25)23-13-8-14-6-7-15(9-13)24(14)3/h1,10-15H,5-9,22H2,2-3H3,(H,23,25). The first kappa shape index (κ1) is 18.9. The molecule has 1 aromatic rings. The van der Waals surface area contributed by atoms with Crippen molar-refractivity contribution in [2.24, 2.45) is 0 Å². The number of fused-ring (bicyclic) bond motifs is 2. The van der Waals surface area contributed by atoms with Gasteiger partial charge in [0.05, 0.1) is 16.3 Å². The van der Waals surface area contributed by atoms with E-state index in [1.807, 2.05) is 6.92 Å². The number of hydrogen-bond donors (Lipinski definition) is 2. The number of nitrogens with two attached hydrogens (primary N) is 1. The van der Waals surface area contributed by atoms with Crippen molar-refractivity contribution in [1.29, 1.82) is 0 Å². The third kappa shape index (κ3) is 3.92. The number of ether oxygens (including phenoxy) is 1.